The highest BCUT2D eigenvalue weighted by molar-refractivity contribution is 6.34. The van der Waals surface area contributed by atoms with Crippen molar-refractivity contribution in [1.82, 2.24) is 16.0 Å². The number of nitrogens with zero attached hydrogens (tertiary/aromatic N) is 3. The highest BCUT2D eigenvalue weighted by atomic mass is 16.6. The molecule has 1 aromatic rings. The van der Waals surface area contributed by atoms with Crippen LogP contribution in [0.4, 0.5) is 0 Å². The minimum Gasteiger partial charge on any atom is -0.511 e. The van der Waals surface area contributed by atoms with E-state index in [4.69, 9.17) is 38.7 Å². The first-order valence-corrected chi connectivity index (χ1v) is 29.0. The van der Waals surface area contributed by atoms with Gasteiger partial charge in [0.15, 0.2) is 18.6 Å². The predicted octanol–water partition coefficient (Wildman–Crippen LogP) is 10.4. The van der Waals surface area contributed by atoms with Crippen LogP contribution in [0.25, 0.3) is 5.57 Å². The molecule has 10 unspecified atom stereocenters. The Morgan fingerprint density at radius 2 is 1.32 bits per heavy atom. The molecular weight excluding hydrogens is 1030 g/mol. The van der Waals surface area contributed by atoms with Crippen molar-refractivity contribution in [2.45, 2.75) is 185 Å². The van der Waals surface area contributed by atoms with Crippen molar-refractivity contribution < 1.29 is 52.8 Å². The number of hydrogen-bond acceptors (Lipinski definition) is 15. The van der Waals surface area contributed by atoms with Gasteiger partial charge in [0.25, 0.3) is 5.91 Å². The third-order valence-electron chi connectivity index (χ3n) is 17.8. The third kappa shape index (κ3) is 11.1. The summed E-state index contributed by atoms with van der Waals surface area (Å²) in [5.74, 6) is -3.05. The van der Waals surface area contributed by atoms with Crippen molar-refractivity contribution in [3.05, 3.63) is 121 Å². The summed E-state index contributed by atoms with van der Waals surface area (Å²) in [6, 6.07) is 7.41. The standard InChI is InChI=1S/C64H80N6O11/c1-16-41-31(8)44-27-47-52(28(4)5)35(12)56(67-47)54(39-19-21-40(22-20-39)62(76)70-63-60(78-37(14)72)30(7)29(6)49(17-2)80-63)55-32(9)42(57(69-55)43-25-48(74)53-33(10)45(66-58(43)53)26-46(41)65-44)23-24-51(75)68-64-61(79-38(15)73)59(77-36(13)71)34(11)50(18-3)81-64/h19-22,26-30,32,34,42,49-50,59-61,63-64,69,74H,16-18,23-25H2,1-15H3,(H,68,75)(H,70,76)/t29?,30?,32-,34?,42-,49?,50?,59?,60?,61?,63?,64?/m0/s1. The van der Waals surface area contributed by atoms with Gasteiger partial charge in [0, 0.05) is 91.0 Å². The molecule has 0 spiro atoms. The van der Waals surface area contributed by atoms with Gasteiger partial charge in [0.2, 0.25) is 5.91 Å². The number of hydrogen-bond donors (Lipinski definition) is 4. The van der Waals surface area contributed by atoms with E-state index in [2.05, 4.69) is 70.5 Å². The second-order valence-electron chi connectivity index (χ2n) is 23.3. The first kappa shape index (κ1) is 58.7. The molecule has 0 saturated carbocycles. The molecule has 0 aromatic heterocycles. The van der Waals surface area contributed by atoms with E-state index in [-0.39, 0.29) is 72.0 Å². The zero-order valence-electron chi connectivity index (χ0n) is 49.6. The smallest absolute Gasteiger partial charge is 0.303 e. The summed E-state index contributed by atoms with van der Waals surface area (Å²) < 4.78 is 30.1. The molecule has 7 aliphatic heterocycles. The van der Waals surface area contributed by atoms with Gasteiger partial charge in [-0.15, -0.1) is 0 Å². The monoisotopic (exact) mass is 1110 g/mol. The molecular formula is C64H80N6O11. The lowest BCUT2D eigenvalue weighted by Gasteiger charge is -2.44. The number of fused-ring (bicyclic) bond motifs is 5. The van der Waals surface area contributed by atoms with Gasteiger partial charge < -0.3 is 44.7 Å². The van der Waals surface area contributed by atoms with Crippen LogP contribution in [0.15, 0.2) is 125 Å². The van der Waals surface area contributed by atoms with Crippen LogP contribution in [-0.4, -0.2) is 94.9 Å². The molecule has 9 rings (SSSR count). The lowest BCUT2D eigenvalue weighted by atomic mass is 9.82. The highest BCUT2D eigenvalue weighted by Crippen LogP contribution is 2.49. The summed E-state index contributed by atoms with van der Waals surface area (Å²) in [5, 5.41) is 21.9. The molecule has 8 aliphatic rings. The number of carbonyl (C=O) groups excluding carboxylic acids is 5. The van der Waals surface area contributed by atoms with Gasteiger partial charge in [0.1, 0.15) is 18.0 Å². The van der Waals surface area contributed by atoms with Crippen molar-refractivity contribution in [2.24, 2.45) is 50.5 Å². The molecule has 7 heterocycles. The van der Waals surface area contributed by atoms with Crippen LogP contribution >= 0.6 is 0 Å². The molecule has 2 amide bonds. The number of aliphatic imine (C=N–C) groups is 3. The maximum atomic E-state index is 14.5. The predicted molar refractivity (Wildman–Crippen MR) is 309 cm³/mol. The Labute approximate surface area is 476 Å². The van der Waals surface area contributed by atoms with Gasteiger partial charge in [-0.05, 0) is 116 Å². The van der Waals surface area contributed by atoms with Crippen molar-refractivity contribution >= 4 is 52.4 Å². The fraction of sp³-hybridized carbons (Fsp3) is 0.531. The lowest BCUT2D eigenvalue weighted by Crippen LogP contribution is -2.61. The average Bonchev–Trinajstić information content (AvgIpc) is 3.11. The highest BCUT2D eigenvalue weighted by Gasteiger charge is 2.49. The molecule has 8 bridgehead atoms. The number of nitrogens with one attached hydrogen (secondary N) is 3. The van der Waals surface area contributed by atoms with Crippen LogP contribution in [0.3, 0.4) is 0 Å². The maximum Gasteiger partial charge on any atom is 0.303 e. The Bertz CT molecular complexity index is 3200. The number of allylic oxidation sites excluding steroid dienone is 12. The number of carbonyl (C=O) groups is 5. The van der Waals surface area contributed by atoms with Gasteiger partial charge in [-0.3, -0.25) is 24.0 Å². The van der Waals surface area contributed by atoms with Crippen molar-refractivity contribution in [2.75, 3.05) is 0 Å². The van der Waals surface area contributed by atoms with Crippen molar-refractivity contribution in [3.8, 4) is 0 Å². The zero-order valence-corrected chi connectivity index (χ0v) is 49.6. The Morgan fingerprint density at radius 1 is 0.704 bits per heavy atom. The summed E-state index contributed by atoms with van der Waals surface area (Å²) in [7, 11) is 0. The number of rotatable bonds is 14. The minimum atomic E-state index is -1.10. The molecule has 1 aromatic carbocycles. The van der Waals surface area contributed by atoms with Crippen molar-refractivity contribution in [3.63, 3.8) is 0 Å². The number of esters is 3. The molecule has 432 valence electrons. The Kier molecular flexibility index (Phi) is 17.0. The summed E-state index contributed by atoms with van der Waals surface area (Å²) in [6.45, 7) is 28.6. The van der Waals surface area contributed by atoms with E-state index < -0.39 is 54.8 Å². The topological polar surface area (TPSA) is 225 Å². The molecule has 0 radical (unpaired) electrons. The first-order valence-electron chi connectivity index (χ1n) is 29.0. The molecule has 17 heteroatoms. The van der Waals surface area contributed by atoms with Gasteiger partial charge >= 0.3 is 17.9 Å². The quantitative estimate of drug-likeness (QED) is 0.101. The number of ether oxygens (including phenoxy) is 5. The molecule has 3 fully saturated rings. The largest absolute Gasteiger partial charge is 0.511 e. The summed E-state index contributed by atoms with van der Waals surface area (Å²) in [4.78, 5) is 82.2. The van der Waals surface area contributed by atoms with Crippen LogP contribution in [0.5, 0.6) is 0 Å². The molecule has 3 saturated heterocycles. The first-order chi connectivity index (χ1) is 38.5. The second-order valence-corrected chi connectivity index (χ2v) is 23.3. The third-order valence-corrected chi connectivity index (χ3v) is 17.8. The van der Waals surface area contributed by atoms with E-state index in [0.29, 0.717) is 35.4 Å². The van der Waals surface area contributed by atoms with Crippen LogP contribution in [0, 0.1) is 35.5 Å². The summed E-state index contributed by atoms with van der Waals surface area (Å²) >= 11 is 0. The number of aliphatic hydroxyl groups excluding tert-OH is 1. The van der Waals surface area contributed by atoms with E-state index in [1.807, 2.05) is 52.8 Å². The molecule has 12 atom stereocenters. The fourth-order valence-corrected chi connectivity index (χ4v) is 13.4. The number of aliphatic hydroxyl groups is 1. The maximum absolute atomic E-state index is 14.5. The van der Waals surface area contributed by atoms with Gasteiger partial charge in [-0.1, -0.05) is 74.4 Å². The van der Waals surface area contributed by atoms with E-state index in [1.54, 1.807) is 12.1 Å². The summed E-state index contributed by atoms with van der Waals surface area (Å²) in [5.41, 5.74) is 14.7. The van der Waals surface area contributed by atoms with Crippen LogP contribution < -0.4 is 16.0 Å². The lowest BCUT2D eigenvalue weighted by molar-refractivity contribution is -0.229. The van der Waals surface area contributed by atoms with E-state index in [1.165, 1.54) is 20.8 Å². The SMILES string of the molecule is CCC1=C(C)C2=NC1=CC1=C(C)C3=C(O)CC(=C4NC(=C(c5ccc(C(=O)NC6OC(CC)C(C)C(C)C6OC(C)=O)cc5)C5=NC(=C2)C(C(C)C)=C5C)[C@@H](C)[C@@H]4CCC(=O)NC2OC(CC)C(C)C(OC(C)=O)C2OC(C)=O)C3=N1. The molecule has 81 heavy (non-hydrogen) atoms. The van der Waals surface area contributed by atoms with Crippen LogP contribution in [-0.2, 0) is 42.9 Å². The summed E-state index contributed by atoms with van der Waals surface area (Å²) in [6.07, 6.45) is 1.50. The van der Waals surface area contributed by atoms with Gasteiger partial charge in [0.05, 0.1) is 46.4 Å². The normalized spacial score (nSPS) is 29.9. The van der Waals surface area contributed by atoms with Crippen LogP contribution in [0.2, 0.25) is 0 Å². The molecule has 4 N–H and O–H groups in total. The zero-order chi connectivity index (χ0) is 58.6. The van der Waals surface area contributed by atoms with Gasteiger partial charge in [-0.2, -0.15) is 0 Å². The number of benzene rings is 1. The Hall–Kier alpha value is -6.98. The van der Waals surface area contributed by atoms with Crippen LogP contribution in [0.1, 0.15) is 158 Å². The van der Waals surface area contributed by atoms with E-state index in [0.717, 1.165) is 91.6 Å². The average molecular weight is 1110 g/mol. The van der Waals surface area contributed by atoms with Crippen molar-refractivity contribution in [1.29, 1.82) is 0 Å². The Balaban J connectivity index is 1.16. The van der Waals surface area contributed by atoms with E-state index in [9.17, 15) is 29.1 Å². The molecule has 17 nitrogen and oxygen atoms in total. The molecule has 1 aliphatic carbocycles. The Morgan fingerprint density at radius 3 is 1.94 bits per heavy atom. The van der Waals surface area contributed by atoms with E-state index >= 15 is 0 Å². The fourth-order valence-electron chi connectivity index (χ4n) is 13.4. The number of amides is 2. The van der Waals surface area contributed by atoms with Gasteiger partial charge in [-0.25, -0.2) is 15.0 Å². The second kappa shape index (κ2) is 23.5. The minimum absolute atomic E-state index is 0.0139.